The van der Waals surface area contributed by atoms with Crippen LogP contribution in [0.25, 0.3) is 0 Å². The van der Waals surface area contributed by atoms with Crippen molar-refractivity contribution in [3.8, 4) is 0 Å². The van der Waals surface area contributed by atoms with Crippen LogP contribution in [0, 0.1) is 0 Å². The van der Waals surface area contributed by atoms with Gasteiger partial charge in [0.25, 0.3) is 0 Å². The third kappa shape index (κ3) is 103. The van der Waals surface area contributed by atoms with E-state index in [1.54, 1.807) is 0 Å². The Morgan fingerprint density at radius 3 is 0.300 bits per heavy atom. The van der Waals surface area contributed by atoms with E-state index in [0.717, 1.165) is 0 Å². The van der Waals surface area contributed by atoms with Gasteiger partial charge in [-0.2, -0.15) is 0 Å². The maximum Gasteiger partial charge on any atom is 6.00 e. The summed E-state index contributed by atoms with van der Waals surface area (Å²) in [6.45, 7) is 0. The first kappa shape index (κ1) is 171. The van der Waals surface area contributed by atoms with Gasteiger partial charge in [-0.25, -0.2) is 0 Å². The van der Waals surface area contributed by atoms with Gasteiger partial charge in [0.2, 0.25) is 0 Å². The quantitative estimate of drug-likeness (QED) is 0.333. The standard InChI is InChI=1S/8ClH.Mn.Mo/h8*1H;;/q;;;;;;;;+2;+6/p-8. The Labute approximate surface area is 136 Å². The number of hydrogen-bond donors (Lipinski definition) is 0. The molecule has 0 saturated carbocycles. The summed E-state index contributed by atoms with van der Waals surface area (Å²) in [6.07, 6.45) is 0. The zero-order chi connectivity index (χ0) is 0. The molecule has 0 saturated heterocycles. The molecule has 0 atom stereocenters. The van der Waals surface area contributed by atoms with Crippen LogP contribution in [-0.4, -0.2) is 0 Å². The number of halogens is 8. The van der Waals surface area contributed by atoms with Crippen LogP contribution in [0.4, 0.5) is 0 Å². The Morgan fingerprint density at radius 2 is 0.300 bits per heavy atom. The van der Waals surface area contributed by atoms with Crippen molar-refractivity contribution in [2.24, 2.45) is 0 Å². The van der Waals surface area contributed by atoms with Gasteiger partial charge >= 0.3 is 38.1 Å². The van der Waals surface area contributed by atoms with Crippen molar-refractivity contribution >= 4 is 0 Å². The molecule has 0 aromatic rings. The summed E-state index contributed by atoms with van der Waals surface area (Å²) in [5.74, 6) is 0. The van der Waals surface area contributed by atoms with Gasteiger partial charge in [0, 0.05) is 0 Å². The number of rotatable bonds is 0. The maximum absolute atomic E-state index is 0. The van der Waals surface area contributed by atoms with Gasteiger partial charge in [0.1, 0.15) is 0 Å². The fourth-order valence-corrected chi connectivity index (χ4v) is 0. The van der Waals surface area contributed by atoms with Crippen molar-refractivity contribution in [2.45, 2.75) is 0 Å². The fraction of sp³-hybridized carbons (Fsp3) is 0. The van der Waals surface area contributed by atoms with Crippen molar-refractivity contribution in [3.05, 3.63) is 0 Å². The summed E-state index contributed by atoms with van der Waals surface area (Å²) < 4.78 is 0. The molecular weight excluding hydrogens is 435 g/mol. The summed E-state index contributed by atoms with van der Waals surface area (Å²) in [4.78, 5) is 0. The van der Waals surface area contributed by atoms with Crippen LogP contribution in [0.3, 0.4) is 0 Å². The molecule has 0 nitrogen and oxygen atoms in total. The van der Waals surface area contributed by atoms with Crippen LogP contribution in [0.2, 0.25) is 0 Å². The second-order valence-electron chi connectivity index (χ2n) is 0. The Bertz CT molecular complexity index is 9.22. The molecule has 0 N–H and O–H groups in total. The average molecular weight is 435 g/mol. The van der Waals surface area contributed by atoms with E-state index in [4.69, 9.17) is 0 Å². The molecule has 0 aromatic carbocycles. The Kier molecular flexibility index (Phi) is 2280. The molecule has 0 rings (SSSR count). The zero-order valence-corrected chi connectivity index (χ0v) is 13.0. The van der Waals surface area contributed by atoms with Crippen LogP contribution in [-0.2, 0) is 38.1 Å². The van der Waals surface area contributed by atoms with E-state index in [9.17, 15) is 0 Å². The van der Waals surface area contributed by atoms with Crippen LogP contribution in [0.5, 0.6) is 0 Å². The topological polar surface area (TPSA) is 0 Å². The Balaban J connectivity index is 0. The van der Waals surface area contributed by atoms with E-state index in [1.807, 2.05) is 0 Å². The second-order valence-corrected chi connectivity index (χ2v) is 0. The van der Waals surface area contributed by atoms with Gasteiger partial charge in [-0.05, 0) is 0 Å². The van der Waals surface area contributed by atoms with Gasteiger partial charge in [0.05, 0.1) is 0 Å². The maximum atomic E-state index is 0. The van der Waals surface area contributed by atoms with E-state index in [0.29, 0.717) is 0 Å². The fourth-order valence-electron chi connectivity index (χ4n) is 0. The first-order valence-electron chi connectivity index (χ1n) is 0. The normalized spacial score (nSPS) is 0. The van der Waals surface area contributed by atoms with Crippen molar-refractivity contribution in [2.75, 3.05) is 0 Å². The summed E-state index contributed by atoms with van der Waals surface area (Å²) >= 11 is 0. The minimum Gasteiger partial charge on any atom is -1.00 e. The van der Waals surface area contributed by atoms with E-state index in [1.165, 1.54) is 0 Å². The first-order valence-corrected chi connectivity index (χ1v) is 0. The van der Waals surface area contributed by atoms with Crippen LogP contribution >= 0.6 is 0 Å². The molecule has 0 spiro atoms. The summed E-state index contributed by atoms with van der Waals surface area (Å²) in [7, 11) is 0. The summed E-state index contributed by atoms with van der Waals surface area (Å²) in [5, 5.41) is 0. The third-order valence-corrected chi connectivity index (χ3v) is 0. The SMILES string of the molecule is [Cl-].[Cl-].[Cl-].[Cl-].[Cl-].[Cl-].[Cl-].[Cl-].[Mn+2].[Mo+6]. The predicted molar refractivity (Wildman–Crippen MR) is 0 cm³/mol. The first-order chi connectivity index (χ1) is 0. The molecule has 0 heterocycles. The molecule has 0 bridgehead atoms. The molecule has 1 radical (unpaired) electrons. The Hall–Kier alpha value is 3.53. The third-order valence-electron chi connectivity index (χ3n) is 0. The molecule has 0 unspecified atom stereocenters. The van der Waals surface area contributed by atoms with Gasteiger partial charge in [-0.3, -0.25) is 0 Å². The number of hydrogen-bond acceptors (Lipinski definition) is 0. The molecule has 0 aliphatic rings. The van der Waals surface area contributed by atoms with Gasteiger partial charge in [-0.1, -0.05) is 0 Å². The van der Waals surface area contributed by atoms with Crippen LogP contribution in [0.1, 0.15) is 0 Å². The molecule has 69 valence electrons. The van der Waals surface area contributed by atoms with Crippen molar-refractivity contribution in [3.63, 3.8) is 0 Å². The minimum atomic E-state index is 0. The summed E-state index contributed by atoms with van der Waals surface area (Å²) in [6, 6.07) is 0. The van der Waals surface area contributed by atoms with E-state index in [-0.39, 0.29) is 137 Å². The molecule has 0 aliphatic carbocycles. The van der Waals surface area contributed by atoms with Gasteiger partial charge in [0.15, 0.2) is 0 Å². The minimum absolute atomic E-state index is 0. The summed E-state index contributed by atoms with van der Waals surface area (Å²) in [5.41, 5.74) is 0. The largest absolute Gasteiger partial charge is 6.00 e. The molecule has 10 heteroatoms. The smallest absolute Gasteiger partial charge is 1.00 e. The van der Waals surface area contributed by atoms with E-state index in [2.05, 4.69) is 0 Å². The van der Waals surface area contributed by atoms with E-state index >= 15 is 0 Å². The van der Waals surface area contributed by atoms with Crippen molar-refractivity contribution in [1.82, 2.24) is 0 Å². The van der Waals surface area contributed by atoms with Gasteiger partial charge in [-0.15, -0.1) is 0 Å². The molecule has 10 heavy (non-hydrogen) atoms. The molecule has 0 amide bonds. The van der Waals surface area contributed by atoms with E-state index < -0.39 is 0 Å². The van der Waals surface area contributed by atoms with Crippen LogP contribution < -0.4 is 99.3 Å². The Morgan fingerprint density at radius 1 is 0.300 bits per heavy atom. The second kappa shape index (κ2) is 134. The average Bonchev–Trinajstić information content (AvgIpc) is 0. The van der Waals surface area contributed by atoms with Crippen molar-refractivity contribution < 1.29 is 137 Å². The molecule has 0 aliphatic heterocycles. The molecular formula is Cl8MnMo. The predicted octanol–water partition coefficient (Wildman–Crippen LogP) is -24.0. The van der Waals surface area contributed by atoms with Crippen molar-refractivity contribution in [1.29, 1.82) is 0 Å². The van der Waals surface area contributed by atoms with Gasteiger partial charge < -0.3 is 99.3 Å². The monoisotopic (exact) mass is 433 g/mol. The zero-order valence-electron chi connectivity index (χ0n) is 3.81. The molecule has 0 aromatic heterocycles. The van der Waals surface area contributed by atoms with Crippen LogP contribution in [0.15, 0.2) is 0 Å². The molecule has 0 fully saturated rings.